The summed E-state index contributed by atoms with van der Waals surface area (Å²) in [7, 11) is 7.47. The predicted molar refractivity (Wildman–Crippen MR) is 148 cm³/mol. The molecule has 3 rings (SSSR count). The third-order valence-corrected chi connectivity index (χ3v) is 7.81. The van der Waals surface area contributed by atoms with Gasteiger partial charge in [-0.3, -0.25) is 9.59 Å². The maximum absolute atomic E-state index is 12.4. The summed E-state index contributed by atoms with van der Waals surface area (Å²) in [5.74, 6) is 1.86. The van der Waals surface area contributed by atoms with Crippen LogP contribution in [0.1, 0.15) is 25.4 Å². The number of aromatic nitrogens is 2. The van der Waals surface area contributed by atoms with Crippen molar-refractivity contribution < 1.29 is 18.4 Å². The minimum absolute atomic E-state index is 0.287. The number of carbonyl (C=O) groups excluding carboxylic acids is 2. The summed E-state index contributed by atoms with van der Waals surface area (Å²) in [6.45, 7) is 3.49. The Morgan fingerprint density at radius 2 is 1.24 bits per heavy atom. The van der Waals surface area contributed by atoms with Crippen LogP contribution < -0.4 is 20.7 Å². The Hall–Kier alpha value is -3.30. The first kappa shape index (κ1) is 28.3. The predicted octanol–water partition coefficient (Wildman–Crippen LogP) is 3.12. The molecule has 0 aliphatic rings. The van der Waals surface area contributed by atoms with E-state index in [1.807, 2.05) is 50.1 Å². The Bertz CT molecular complexity index is 1160. The van der Waals surface area contributed by atoms with E-state index < -0.39 is 10.5 Å². The lowest BCUT2D eigenvalue weighted by molar-refractivity contribution is -0.121. The molecule has 0 saturated heterocycles. The number of hydrogen-bond acceptors (Lipinski definition) is 13. The SMILES string of the molecule is CC(Sc1nnc(SC(C)C(=O)N/N=C/c2ccc(N(C)C)o2)s1)C(=O)N/N=C/c1ccc(N(C)C)o1. The molecule has 3 aromatic rings. The number of rotatable bonds is 12. The Morgan fingerprint density at radius 1 is 0.838 bits per heavy atom. The van der Waals surface area contributed by atoms with Crippen molar-refractivity contribution in [2.24, 2.45) is 10.2 Å². The van der Waals surface area contributed by atoms with Crippen molar-refractivity contribution in [3.63, 3.8) is 0 Å². The topological polar surface area (TPSA) is 141 Å². The van der Waals surface area contributed by atoms with Gasteiger partial charge < -0.3 is 18.6 Å². The normalized spacial score (nSPS) is 13.1. The van der Waals surface area contributed by atoms with Gasteiger partial charge in [0.2, 0.25) is 0 Å². The Morgan fingerprint density at radius 3 is 1.59 bits per heavy atom. The summed E-state index contributed by atoms with van der Waals surface area (Å²) in [5, 5.41) is 15.2. The lowest BCUT2D eigenvalue weighted by atomic mass is 10.4. The number of nitrogens with one attached hydrogen (secondary N) is 2. The first-order valence-corrected chi connectivity index (χ1v) is 13.6. The van der Waals surface area contributed by atoms with Crippen molar-refractivity contribution in [1.82, 2.24) is 21.0 Å². The lowest BCUT2D eigenvalue weighted by Crippen LogP contribution is -2.26. The summed E-state index contributed by atoms with van der Waals surface area (Å²) in [5.41, 5.74) is 4.99. The van der Waals surface area contributed by atoms with Gasteiger partial charge in [-0.25, -0.2) is 10.9 Å². The largest absolute Gasteiger partial charge is 0.440 e. The summed E-state index contributed by atoms with van der Waals surface area (Å²) in [6.07, 6.45) is 2.88. The number of hydrazone groups is 2. The number of nitrogens with zero attached hydrogens (tertiary/aromatic N) is 6. The number of carbonyl (C=O) groups is 2. The van der Waals surface area contributed by atoms with Gasteiger partial charge in [0.05, 0.1) is 22.9 Å². The van der Waals surface area contributed by atoms with Crippen LogP contribution >= 0.6 is 34.9 Å². The molecule has 0 fully saturated rings. The Kier molecular flexibility index (Phi) is 10.2. The third-order valence-electron chi connectivity index (χ3n) is 4.52. The molecule has 37 heavy (non-hydrogen) atoms. The zero-order valence-corrected chi connectivity index (χ0v) is 23.6. The van der Waals surface area contributed by atoms with Gasteiger partial charge in [0.1, 0.15) is 11.5 Å². The van der Waals surface area contributed by atoms with Crippen LogP contribution in [-0.2, 0) is 9.59 Å². The van der Waals surface area contributed by atoms with Crippen LogP contribution in [0, 0.1) is 0 Å². The van der Waals surface area contributed by atoms with Gasteiger partial charge in [-0.2, -0.15) is 10.2 Å². The highest BCUT2D eigenvalue weighted by Gasteiger charge is 2.20. The average molecular weight is 565 g/mol. The number of anilines is 2. The zero-order chi connectivity index (χ0) is 26.9. The fourth-order valence-corrected chi connectivity index (χ4v) is 5.80. The summed E-state index contributed by atoms with van der Waals surface area (Å²) < 4.78 is 12.3. The van der Waals surface area contributed by atoms with E-state index in [1.54, 1.807) is 26.0 Å². The van der Waals surface area contributed by atoms with Crippen LogP contribution in [0.15, 0.2) is 52.0 Å². The summed E-state index contributed by atoms with van der Waals surface area (Å²) >= 11 is 3.81. The molecule has 198 valence electrons. The number of thioether (sulfide) groups is 2. The molecule has 2 atom stereocenters. The molecule has 0 spiro atoms. The van der Waals surface area contributed by atoms with Crippen molar-refractivity contribution in [2.45, 2.75) is 33.0 Å². The first-order valence-electron chi connectivity index (χ1n) is 11.0. The number of hydrogen-bond donors (Lipinski definition) is 2. The highest BCUT2D eigenvalue weighted by Crippen LogP contribution is 2.33. The van der Waals surface area contributed by atoms with Gasteiger partial charge in [-0.05, 0) is 26.0 Å². The number of amides is 2. The van der Waals surface area contributed by atoms with Crippen LogP contribution in [0.4, 0.5) is 11.8 Å². The van der Waals surface area contributed by atoms with Crippen LogP contribution in [0.5, 0.6) is 0 Å². The summed E-state index contributed by atoms with van der Waals surface area (Å²) in [4.78, 5) is 28.4. The second-order valence-corrected chi connectivity index (χ2v) is 12.1. The van der Waals surface area contributed by atoms with Gasteiger partial charge in [0, 0.05) is 40.3 Å². The molecule has 2 amide bonds. The van der Waals surface area contributed by atoms with Crippen LogP contribution in [0.3, 0.4) is 0 Å². The van der Waals surface area contributed by atoms with Gasteiger partial charge in [0.15, 0.2) is 20.4 Å². The molecule has 15 heteroatoms. The lowest BCUT2D eigenvalue weighted by Gasteiger charge is -2.07. The molecule has 0 aliphatic heterocycles. The Balaban J connectivity index is 1.43. The second kappa shape index (κ2) is 13.3. The molecule has 2 unspecified atom stereocenters. The van der Waals surface area contributed by atoms with Gasteiger partial charge in [0.25, 0.3) is 11.8 Å². The van der Waals surface area contributed by atoms with E-state index in [4.69, 9.17) is 8.83 Å². The van der Waals surface area contributed by atoms with E-state index in [2.05, 4.69) is 31.3 Å². The molecule has 0 aliphatic carbocycles. The minimum Gasteiger partial charge on any atom is -0.440 e. The molecule has 3 aromatic heterocycles. The highest BCUT2D eigenvalue weighted by molar-refractivity contribution is 8.04. The molecule has 0 aromatic carbocycles. The van der Waals surface area contributed by atoms with Gasteiger partial charge in [-0.1, -0.05) is 34.9 Å². The Labute approximate surface area is 226 Å². The van der Waals surface area contributed by atoms with Crippen molar-refractivity contribution in [1.29, 1.82) is 0 Å². The third kappa shape index (κ3) is 8.65. The van der Waals surface area contributed by atoms with E-state index in [9.17, 15) is 9.59 Å². The highest BCUT2D eigenvalue weighted by atomic mass is 32.2. The smallest absolute Gasteiger partial charge is 0.253 e. The van der Waals surface area contributed by atoms with Crippen molar-refractivity contribution in [3.8, 4) is 0 Å². The van der Waals surface area contributed by atoms with Crippen molar-refractivity contribution in [3.05, 3.63) is 35.8 Å². The fraction of sp³-hybridized carbons (Fsp3) is 0.364. The first-order chi connectivity index (χ1) is 17.6. The fourth-order valence-electron chi connectivity index (χ4n) is 2.51. The second-order valence-electron chi connectivity index (χ2n) is 7.96. The van der Waals surface area contributed by atoms with Crippen molar-refractivity contribution >= 4 is 70.9 Å². The molecular weight excluding hydrogens is 536 g/mol. The van der Waals surface area contributed by atoms with Crippen LogP contribution in [0.25, 0.3) is 0 Å². The van der Waals surface area contributed by atoms with Gasteiger partial charge in [-0.15, -0.1) is 10.2 Å². The van der Waals surface area contributed by atoms with E-state index >= 15 is 0 Å². The summed E-state index contributed by atoms with van der Waals surface area (Å²) in [6, 6.07) is 7.15. The monoisotopic (exact) mass is 564 g/mol. The van der Waals surface area contributed by atoms with E-state index in [0.717, 1.165) is 0 Å². The van der Waals surface area contributed by atoms with E-state index in [1.165, 1.54) is 47.3 Å². The van der Waals surface area contributed by atoms with Crippen LogP contribution in [0.2, 0.25) is 0 Å². The molecule has 12 nitrogen and oxygen atoms in total. The maximum atomic E-state index is 12.4. The van der Waals surface area contributed by atoms with Crippen molar-refractivity contribution in [2.75, 3.05) is 38.0 Å². The molecular formula is C22H28N8O4S3. The quantitative estimate of drug-likeness (QED) is 0.191. The number of furan rings is 2. The molecule has 0 saturated carbocycles. The van der Waals surface area contributed by atoms with E-state index in [0.29, 0.717) is 32.0 Å². The zero-order valence-electron chi connectivity index (χ0n) is 21.2. The molecule has 2 N–H and O–H groups in total. The minimum atomic E-state index is -0.457. The molecule has 0 bridgehead atoms. The molecule has 3 heterocycles. The van der Waals surface area contributed by atoms with Crippen LogP contribution in [-0.4, -0.2) is 73.1 Å². The molecule has 0 radical (unpaired) electrons. The standard InChI is InChI=1S/C22H28N8O4S3/c1-13(19(31)25-23-11-15-7-9-17(33-15)29(3)4)35-21-27-28-22(37-21)36-14(2)20(32)26-24-12-16-8-10-18(34-16)30(5)6/h7-14H,1-6H3,(H,25,31)(H,26,32)/b23-11+,24-12+. The van der Waals surface area contributed by atoms with E-state index in [-0.39, 0.29) is 11.8 Å². The van der Waals surface area contributed by atoms with Gasteiger partial charge >= 0.3 is 0 Å². The average Bonchev–Trinajstić information content (AvgIpc) is 3.60. The maximum Gasteiger partial charge on any atom is 0.253 e.